The number of nitrogens with zero attached hydrogens (tertiary/aromatic N) is 1. The summed E-state index contributed by atoms with van der Waals surface area (Å²) in [5, 5.41) is 8.73. The van der Waals surface area contributed by atoms with Gasteiger partial charge in [-0.25, -0.2) is 0 Å². The van der Waals surface area contributed by atoms with Crippen LogP contribution in [-0.4, -0.2) is 39.4 Å². The lowest BCUT2D eigenvalue weighted by Gasteiger charge is -2.10. The topological polar surface area (TPSA) is 66.8 Å². The van der Waals surface area contributed by atoms with Gasteiger partial charge < -0.3 is 9.84 Å². The largest absolute Gasteiger partial charge is 0.480 e. The molecule has 0 aliphatic carbocycles. The zero-order valence-electron chi connectivity index (χ0n) is 10.9. The smallest absolute Gasteiger partial charge is 0.387 e. The number of rotatable bonds is 5. The maximum absolute atomic E-state index is 12.0. The molecule has 1 aromatic rings. The van der Waals surface area contributed by atoms with Crippen molar-refractivity contribution in [3.8, 4) is 5.75 Å². The van der Waals surface area contributed by atoms with Crippen LogP contribution in [-0.2, 0) is 9.59 Å². The third-order valence-electron chi connectivity index (χ3n) is 2.57. The lowest BCUT2D eigenvalue weighted by Crippen LogP contribution is -2.33. The fraction of sp³-hybridized carbons (Fsp3) is 0.154. The van der Waals surface area contributed by atoms with Gasteiger partial charge in [0.1, 0.15) is 16.6 Å². The van der Waals surface area contributed by atoms with Gasteiger partial charge in [0.25, 0.3) is 5.91 Å². The molecule has 1 aromatic carbocycles. The number of halogens is 2. The third-order valence-corrected chi connectivity index (χ3v) is 3.95. The zero-order chi connectivity index (χ0) is 16.3. The van der Waals surface area contributed by atoms with Crippen molar-refractivity contribution in [2.24, 2.45) is 0 Å². The van der Waals surface area contributed by atoms with Crippen molar-refractivity contribution in [2.75, 3.05) is 6.54 Å². The Kier molecular flexibility index (Phi) is 5.09. The number of amides is 1. The van der Waals surface area contributed by atoms with Crippen LogP contribution in [0.25, 0.3) is 6.08 Å². The molecule has 1 aliphatic rings. The van der Waals surface area contributed by atoms with E-state index in [4.69, 9.17) is 17.3 Å². The Morgan fingerprint density at radius 3 is 2.59 bits per heavy atom. The molecule has 1 amide bonds. The second-order valence-electron chi connectivity index (χ2n) is 4.11. The molecule has 2 rings (SSSR count). The van der Waals surface area contributed by atoms with Crippen LogP contribution in [0, 0.1) is 0 Å². The average Bonchev–Trinajstić information content (AvgIpc) is 2.68. The van der Waals surface area contributed by atoms with Crippen molar-refractivity contribution < 1.29 is 28.2 Å². The quantitative estimate of drug-likeness (QED) is 0.654. The third kappa shape index (κ3) is 4.01. The van der Waals surface area contributed by atoms with E-state index in [0.717, 1.165) is 16.7 Å². The summed E-state index contributed by atoms with van der Waals surface area (Å²) < 4.78 is 28.5. The van der Waals surface area contributed by atoms with Crippen LogP contribution in [0.5, 0.6) is 5.75 Å². The number of hydrogen-bond donors (Lipinski definition) is 1. The second-order valence-corrected chi connectivity index (χ2v) is 5.78. The summed E-state index contributed by atoms with van der Waals surface area (Å²) in [4.78, 5) is 24.0. The zero-order valence-corrected chi connectivity index (χ0v) is 12.5. The van der Waals surface area contributed by atoms with Crippen molar-refractivity contribution in [3.63, 3.8) is 0 Å². The average molecular weight is 345 g/mol. The van der Waals surface area contributed by atoms with Crippen LogP contribution in [0.1, 0.15) is 5.56 Å². The first-order chi connectivity index (χ1) is 10.4. The number of thiocarbonyl (C=S) groups is 1. The van der Waals surface area contributed by atoms with E-state index >= 15 is 0 Å². The van der Waals surface area contributed by atoms with Gasteiger partial charge in [0, 0.05) is 0 Å². The van der Waals surface area contributed by atoms with Gasteiger partial charge in [0.05, 0.1) is 4.91 Å². The van der Waals surface area contributed by atoms with E-state index in [1.165, 1.54) is 30.3 Å². The van der Waals surface area contributed by atoms with Crippen LogP contribution in [0.4, 0.5) is 8.78 Å². The minimum Gasteiger partial charge on any atom is -0.480 e. The van der Waals surface area contributed by atoms with E-state index in [2.05, 4.69) is 4.74 Å². The van der Waals surface area contributed by atoms with E-state index in [1.807, 2.05) is 0 Å². The van der Waals surface area contributed by atoms with E-state index in [1.54, 1.807) is 0 Å². The molecule has 1 saturated heterocycles. The first-order valence-electron chi connectivity index (χ1n) is 5.89. The van der Waals surface area contributed by atoms with Crippen molar-refractivity contribution >= 4 is 46.3 Å². The second kappa shape index (κ2) is 6.84. The van der Waals surface area contributed by atoms with Gasteiger partial charge in [-0.3, -0.25) is 14.5 Å². The van der Waals surface area contributed by atoms with Crippen molar-refractivity contribution in [2.45, 2.75) is 6.61 Å². The molecule has 1 N–H and O–H groups in total. The van der Waals surface area contributed by atoms with Crippen LogP contribution in [0.2, 0.25) is 0 Å². The highest BCUT2D eigenvalue weighted by molar-refractivity contribution is 8.26. The predicted molar refractivity (Wildman–Crippen MR) is 80.6 cm³/mol. The number of carbonyl (C=O) groups excluding carboxylic acids is 1. The summed E-state index contributed by atoms with van der Waals surface area (Å²) in [5.41, 5.74) is 0.581. The Morgan fingerprint density at radius 2 is 2.05 bits per heavy atom. The number of carboxylic acids is 1. The maximum atomic E-state index is 12.0. The van der Waals surface area contributed by atoms with Crippen LogP contribution in [0.15, 0.2) is 29.2 Å². The Morgan fingerprint density at radius 1 is 1.41 bits per heavy atom. The molecule has 0 bridgehead atoms. The summed E-state index contributed by atoms with van der Waals surface area (Å²) in [6.07, 6.45) is 1.51. The summed E-state index contributed by atoms with van der Waals surface area (Å²) in [7, 11) is 0. The summed E-state index contributed by atoms with van der Waals surface area (Å²) >= 11 is 5.95. The molecule has 1 aliphatic heterocycles. The highest BCUT2D eigenvalue weighted by Crippen LogP contribution is 2.32. The maximum Gasteiger partial charge on any atom is 0.387 e. The van der Waals surface area contributed by atoms with Crippen LogP contribution in [0.3, 0.4) is 0 Å². The highest BCUT2D eigenvalue weighted by Gasteiger charge is 2.33. The first kappa shape index (κ1) is 16.4. The number of alkyl halides is 2. The Balaban J connectivity index is 2.14. The Hall–Kier alpha value is -2.00. The number of thioether (sulfide) groups is 1. The fourth-order valence-corrected chi connectivity index (χ4v) is 2.92. The number of carboxylic acid groups (broad SMARTS) is 1. The van der Waals surface area contributed by atoms with Gasteiger partial charge in [0.15, 0.2) is 0 Å². The fourth-order valence-electron chi connectivity index (χ4n) is 1.67. The van der Waals surface area contributed by atoms with Crippen LogP contribution < -0.4 is 4.74 Å². The number of aliphatic carboxylic acids is 1. The number of hydrogen-bond acceptors (Lipinski definition) is 5. The number of benzene rings is 1. The molecule has 0 saturated carbocycles. The molecule has 0 atom stereocenters. The molecule has 1 heterocycles. The molecule has 22 heavy (non-hydrogen) atoms. The summed E-state index contributed by atoms with van der Waals surface area (Å²) in [5.74, 6) is -1.65. The van der Waals surface area contributed by atoms with E-state index < -0.39 is 25.0 Å². The predicted octanol–water partition coefficient (Wildman–Crippen LogP) is 2.57. The number of ether oxygens (including phenoxy) is 1. The molecular weight excluding hydrogens is 336 g/mol. The minimum absolute atomic E-state index is 0.00516. The lowest BCUT2D eigenvalue weighted by atomic mass is 10.2. The van der Waals surface area contributed by atoms with Crippen molar-refractivity contribution in [3.05, 3.63) is 34.7 Å². The van der Waals surface area contributed by atoms with E-state index in [-0.39, 0.29) is 15.0 Å². The lowest BCUT2D eigenvalue weighted by molar-refractivity contribution is -0.140. The molecule has 0 aromatic heterocycles. The van der Waals surface area contributed by atoms with Gasteiger partial charge in [0.2, 0.25) is 0 Å². The normalized spacial score (nSPS) is 16.7. The monoisotopic (exact) mass is 345 g/mol. The van der Waals surface area contributed by atoms with Gasteiger partial charge in [-0.2, -0.15) is 8.78 Å². The molecule has 5 nitrogen and oxygen atoms in total. The molecule has 9 heteroatoms. The van der Waals surface area contributed by atoms with Gasteiger partial charge in [-0.15, -0.1) is 0 Å². The van der Waals surface area contributed by atoms with Crippen molar-refractivity contribution in [1.82, 2.24) is 4.90 Å². The highest BCUT2D eigenvalue weighted by atomic mass is 32.2. The molecule has 1 fully saturated rings. The summed E-state index contributed by atoms with van der Waals surface area (Å²) in [6, 6.07) is 5.69. The summed E-state index contributed by atoms with van der Waals surface area (Å²) in [6.45, 7) is -3.40. The number of carbonyl (C=O) groups is 2. The van der Waals surface area contributed by atoms with Crippen LogP contribution >= 0.6 is 24.0 Å². The first-order valence-corrected chi connectivity index (χ1v) is 7.11. The van der Waals surface area contributed by atoms with E-state index in [0.29, 0.717) is 5.56 Å². The van der Waals surface area contributed by atoms with Gasteiger partial charge in [-0.1, -0.05) is 36.1 Å². The molecule has 0 radical (unpaired) electrons. The van der Waals surface area contributed by atoms with Crippen molar-refractivity contribution in [1.29, 1.82) is 0 Å². The minimum atomic E-state index is -2.90. The molecule has 116 valence electrons. The molecule has 0 unspecified atom stereocenters. The van der Waals surface area contributed by atoms with Gasteiger partial charge in [-0.05, 0) is 23.8 Å². The Bertz CT molecular complexity index is 646. The van der Waals surface area contributed by atoms with E-state index in [9.17, 15) is 18.4 Å². The standard InChI is InChI=1S/C13H9F2NO4S2/c14-12(15)20-8-3-1-7(2-4-8)5-9-11(19)16(6-10(17)18)13(21)22-9/h1-5,12H,6H2,(H,17,18)/b9-5-. The SMILES string of the molecule is O=C(O)CN1C(=O)/C(=C/c2ccc(OC(F)F)cc2)SC1=S. The molecular formula is C13H9F2NO4S2. The Labute approximate surface area is 133 Å². The molecule has 0 spiro atoms. The van der Waals surface area contributed by atoms with Gasteiger partial charge >= 0.3 is 12.6 Å².